The van der Waals surface area contributed by atoms with E-state index in [0.717, 1.165) is 12.0 Å². The van der Waals surface area contributed by atoms with Gasteiger partial charge in [-0.2, -0.15) is 0 Å². The largest absolute Gasteiger partial charge is 0.352 e. The topological polar surface area (TPSA) is 86.8 Å². The number of nitrogens with one attached hydrogen (secondary N) is 1. The molecule has 190 valence electrons. The Morgan fingerprint density at radius 2 is 1.69 bits per heavy atom. The number of benzene rings is 1. The van der Waals surface area contributed by atoms with Crippen LogP contribution in [0.1, 0.15) is 58.4 Å². The number of allylic oxidation sites excluding steroid dienone is 2. The highest BCUT2D eigenvalue weighted by Crippen LogP contribution is 2.35. The zero-order chi connectivity index (χ0) is 25.7. The zero-order valence-electron chi connectivity index (χ0n) is 20.4. The molecule has 0 saturated carbocycles. The molecule has 4 atom stereocenters. The van der Waals surface area contributed by atoms with E-state index in [1.807, 2.05) is 32.9 Å². The first kappa shape index (κ1) is 27.2. The molecule has 2 aliphatic rings. The van der Waals surface area contributed by atoms with Crippen molar-refractivity contribution in [1.29, 1.82) is 0 Å². The van der Waals surface area contributed by atoms with E-state index in [2.05, 4.69) is 5.32 Å². The fourth-order valence-corrected chi connectivity index (χ4v) is 4.96. The van der Waals surface area contributed by atoms with Crippen LogP contribution < -0.4 is 5.32 Å². The highest BCUT2D eigenvalue weighted by atomic mass is 35.5. The van der Waals surface area contributed by atoms with Gasteiger partial charge in [0.2, 0.25) is 23.6 Å². The first-order valence-electron chi connectivity index (χ1n) is 12.2. The third kappa shape index (κ3) is 6.25. The lowest BCUT2D eigenvalue weighted by Gasteiger charge is -2.32. The smallest absolute Gasteiger partial charge is 0.243 e. The molecule has 7 nitrogen and oxygen atoms in total. The van der Waals surface area contributed by atoms with E-state index < -0.39 is 6.04 Å². The van der Waals surface area contributed by atoms with Crippen molar-refractivity contribution in [2.45, 2.75) is 71.5 Å². The number of rotatable bonds is 10. The molecule has 9 heteroatoms. The first-order valence-corrected chi connectivity index (χ1v) is 13.0. The Labute approximate surface area is 216 Å². The lowest BCUT2D eigenvalue weighted by Crippen LogP contribution is -2.51. The number of hydrogen-bond donors (Lipinski definition) is 1. The molecule has 3 rings (SSSR count). The van der Waals surface area contributed by atoms with Gasteiger partial charge >= 0.3 is 0 Å². The molecule has 0 unspecified atom stereocenters. The minimum atomic E-state index is -0.706. The van der Waals surface area contributed by atoms with Crippen LogP contribution in [0.5, 0.6) is 0 Å². The molecule has 0 aromatic heterocycles. The summed E-state index contributed by atoms with van der Waals surface area (Å²) in [5.74, 6) is -1.64. The molecule has 0 spiro atoms. The molecule has 4 amide bonds. The van der Waals surface area contributed by atoms with Crippen LogP contribution in [0.4, 0.5) is 0 Å². The molecule has 1 aliphatic carbocycles. The quantitative estimate of drug-likeness (QED) is 0.366. The maximum absolute atomic E-state index is 13.5. The Morgan fingerprint density at radius 1 is 1.06 bits per heavy atom. The van der Waals surface area contributed by atoms with Gasteiger partial charge in [0.25, 0.3) is 0 Å². The Kier molecular flexibility index (Phi) is 9.36. The molecule has 1 aromatic carbocycles. The second-order valence-corrected chi connectivity index (χ2v) is 10.1. The van der Waals surface area contributed by atoms with Crippen molar-refractivity contribution in [2.75, 3.05) is 6.54 Å². The lowest BCUT2D eigenvalue weighted by molar-refractivity contribution is -0.144. The number of fused-ring (bicyclic) bond motifs is 1. The average molecular weight is 522 g/mol. The van der Waals surface area contributed by atoms with Gasteiger partial charge in [0.1, 0.15) is 6.04 Å². The Bertz CT molecular complexity index is 986. The highest BCUT2D eigenvalue weighted by molar-refractivity contribution is 6.42. The zero-order valence-corrected chi connectivity index (χ0v) is 21.9. The van der Waals surface area contributed by atoms with Gasteiger partial charge in [-0.15, -0.1) is 0 Å². The Balaban J connectivity index is 1.78. The van der Waals surface area contributed by atoms with Crippen molar-refractivity contribution < 1.29 is 19.2 Å². The van der Waals surface area contributed by atoms with E-state index in [0.29, 0.717) is 29.3 Å². The lowest BCUT2D eigenvalue weighted by atomic mass is 9.85. The predicted octanol–water partition coefficient (Wildman–Crippen LogP) is 4.36. The summed E-state index contributed by atoms with van der Waals surface area (Å²) in [5.41, 5.74) is 0.730. The van der Waals surface area contributed by atoms with E-state index in [1.54, 1.807) is 18.2 Å². The normalized spacial score (nSPS) is 21.0. The second-order valence-electron chi connectivity index (χ2n) is 9.25. The van der Waals surface area contributed by atoms with Crippen molar-refractivity contribution in [3.05, 3.63) is 46.0 Å². The number of carbonyl (C=O) groups excluding carboxylic acids is 4. The number of carbonyl (C=O) groups is 4. The van der Waals surface area contributed by atoms with Crippen LogP contribution in [0.25, 0.3) is 0 Å². The van der Waals surface area contributed by atoms with Crippen molar-refractivity contribution >= 4 is 46.8 Å². The van der Waals surface area contributed by atoms with Crippen LogP contribution in [0.2, 0.25) is 10.0 Å². The van der Waals surface area contributed by atoms with Crippen LogP contribution in [-0.4, -0.2) is 52.1 Å². The predicted molar refractivity (Wildman–Crippen MR) is 136 cm³/mol. The molecule has 35 heavy (non-hydrogen) atoms. The summed E-state index contributed by atoms with van der Waals surface area (Å²) >= 11 is 12.2. The summed E-state index contributed by atoms with van der Waals surface area (Å²) < 4.78 is 0. The summed E-state index contributed by atoms with van der Waals surface area (Å²) in [7, 11) is 0. The average Bonchev–Trinajstić information content (AvgIpc) is 3.09. The van der Waals surface area contributed by atoms with Gasteiger partial charge in [-0.25, -0.2) is 0 Å². The van der Waals surface area contributed by atoms with Crippen molar-refractivity contribution in [3.8, 4) is 0 Å². The SMILES string of the molecule is CC[C@H](C(=O)N[C@@H](C)CC)N(Cc1ccc(Cl)c(Cl)c1)C(=O)CCN1C(=O)[C@H]2CC=CC[C@H]2C1=O. The summed E-state index contributed by atoms with van der Waals surface area (Å²) in [6.45, 7) is 5.89. The third-order valence-corrected chi connectivity index (χ3v) is 7.61. The number of nitrogens with zero attached hydrogens (tertiary/aromatic N) is 2. The molecule has 0 radical (unpaired) electrons. The van der Waals surface area contributed by atoms with Crippen LogP contribution in [0.3, 0.4) is 0 Å². The minimum Gasteiger partial charge on any atom is -0.352 e. The molecular weight excluding hydrogens is 489 g/mol. The van der Waals surface area contributed by atoms with E-state index in [1.165, 1.54) is 9.80 Å². The third-order valence-electron chi connectivity index (χ3n) is 6.87. The molecule has 1 fully saturated rings. The van der Waals surface area contributed by atoms with Crippen LogP contribution >= 0.6 is 23.2 Å². The number of halogens is 2. The standard InChI is InChI=1S/C26H33Cl2N3O4/c1-4-16(3)29-24(33)22(5-2)31(15-17-10-11-20(27)21(28)14-17)23(32)12-13-30-25(34)18-8-6-7-9-19(18)26(30)35/h6-7,10-11,14,16,18-19,22H,4-5,8-9,12-13,15H2,1-3H3,(H,29,33)/t16-,18-,19+,22+/m0/s1. The van der Waals surface area contributed by atoms with Gasteiger partial charge in [0.05, 0.1) is 21.9 Å². The molecule has 1 N–H and O–H groups in total. The van der Waals surface area contributed by atoms with Crippen LogP contribution in [0.15, 0.2) is 30.4 Å². The second kappa shape index (κ2) is 12.0. The number of hydrogen-bond acceptors (Lipinski definition) is 4. The summed E-state index contributed by atoms with van der Waals surface area (Å²) in [5, 5.41) is 3.72. The maximum atomic E-state index is 13.5. The maximum Gasteiger partial charge on any atom is 0.243 e. The van der Waals surface area contributed by atoms with E-state index in [4.69, 9.17) is 23.2 Å². The van der Waals surface area contributed by atoms with Gasteiger partial charge < -0.3 is 10.2 Å². The van der Waals surface area contributed by atoms with Gasteiger partial charge in [-0.3, -0.25) is 24.1 Å². The molecular formula is C26H33Cl2N3O4. The van der Waals surface area contributed by atoms with Crippen LogP contribution in [0, 0.1) is 11.8 Å². The van der Waals surface area contributed by atoms with Crippen molar-refractivity contribution in [2.24, 2.45) is 11.8 Å². The number of imide groups is 1. The monoisotopic (exact) mass is 521 g/mol. The fourth-order valence-electron chi connectivity index (χ4n) is 4.64. The summed E-state index contributed by atoms with van der Waals surface area (Å²) in [4.78, 5) is 54.9. The highest BCUT2D eigenvalue weighted by Gasteiger charge is 2.47. The molecule has 1 heterocycles. The molecule has 0 bridgehead atoms. The van der Waals surface area contributed by atoms with Gasteiger partial charge in [-0.05, 0) is 50.3 Å². The summed E-state index contributed by atoms with van der Waals surface area (Å²) in [6.07, 6.45) is 6.09. The molecule has 1 saturated heterocycles. The van der Waals surface area contributed by atoms with Gasteiger partial charge in [-0.1, -0.05) is 55.3 Å². The summed E-state index contributed by atoms with van der Waals surface area (Å²) in [6, 6.07) is 4.35. The molecule has 1 aliphatic heterocycles. The van der Waals surface area contributed by atoms with Gasteiger partial charge in [0.15, 0.2) is 0 Å². The Morgan fingerprint density at radius 3 is 2.23 bits per heavy atom. The number of likely N-dealkylation sites (tertiary alicyclic amines) is 1. The number of amides is 4. The Hall–Kier alpha value is -2.38. The fraction of sp³-hybridized carbons (Fsp3) is 0.538. The van der Waals surface area contributed by atoms with Gasteiger partial charge in [0, 0.05) is 25.6 Å². The molecule has 1 aromatic rings. The van der Waals surface area contributed by atoms with Crippen molar-refractivity contribution in [3.63, 3.8) is 0 Å². The van der Waals surface area contributed by atoms with E-state index >= 15 is 0 Å². The first-order chi connectivity index (χ1) is 16.7. The van der Waals surface area contributed by atoms with Crippen LogP contribution in [-0.2, 0) is 25.7 Å². The van der Waals surface area contributed by atoms with E-state index in [-0.39, 0.29) is 61.0 Å². The van der Waals surface area contributed by atoms with E-state index in [9.17, 15) is 19.2 Å². The minimum absolute atomic E-state index is 0.00475. The van der Waals surface area contributed by atoms with Crippen molar-refractivity contribution in [1.82, 2.24) is 15.1 Å².